The predicted octanol–water partition coefficient (Wildman–Crippen LogP) is 3.41. The standard InChI is InChI=1S/C17H24INSi/c1-20(2,15-18)17-11-5-4-9-16(17)10-8-14-19-12-6-3-7-13-19/h4-5,9,11H,3,6-7,12-15H2,1-2H3. The molecule has 0 saturated carbocycles. The second kappa shape index (κ2) is 7.63. The van der Waals surface area contributed by atoms with E-state index in [-0.39, 0.29) is 0 Å². The van der Waals surface area contributed by atoms with Gasteiger partial charge < -0.3 is 0 Å². The molecule has 1 fully saturated rings. The molecule has 1 heterocycles. The molecule has 0 amide bonds. The van der Waals surface area contributed by atoms with Gasteiger partial charge in [-0.15, -0.1) is 0 Å². The van der Waals surface area contributed by atoms with E-state index < -0.39 is 8.07 Å². The highest BCUT2D eigenvalue weighted by Crippen LogP contribution is 2.10. The Morgan fingerprint density at radius 3 is 2.55 bits per heavy atom. The van der Waals surface area contributed by atoms with Crippen LogP contribution < -0.4 is 5.19 Å². The number of hydrogen-bond donors (Lipinski definition) is 0. The monoisotopic (exact) mass is 397 g/mol. The molecule has 0 spiro atoms. The zero-order valence-corrected chi connectivity index (χ0v) is 15.7. The number of likely N-dealkylation sites (tertiary alicyclic amines) is 1. The molecule has 108 valence electrons. The summed E-state index contributed by atoms with van der Waals surface area (Å²) in [6.07, 6.45) is 4.07. The fraction of sp³-hybridized carbons (Fsp3) is 0.529. The van der Waals surface area contributed by atoms with E-state index >= 15 is 0 Å². The molecule has 1 aliphatic heterocycles. The van der Waals surface area contributed by atoms with E-state index in [1.54, 1.807) is 0 Å². The largest absolute Gasteiger partial charge is 0.292 e. The Hall–Kier alpha value is -0.313. The van der Waals surface area contributed by atoms with Crippen molar-refractivity contribution in [2.45, 2.75) is 32.4 Å². The summed E-state index contributed by atoms with van der Waals surface area (Å²) in [5.74, 6) is 6.84. The summed E-state index contributed by atoms with van der Waals surface area (Å²) in [6, 6.07) is 8.76. The lowest BCUT2D eigenvalue weighted by molar-refractivity contribution is 0.255. The summed E-state index contributed by atoms with van der Waals surface area (Å²) in [5.41, 5.74) is 1.26. The lowest BCUT2D eigenvalue weighted by atomic mass is 10.1. The fourth-order valence-corrected chi connectivity index (χ4v) is 5.42. The summed E-state index contributed by atoms with van der Waals surface area (Å²) in [5, 5.41) is 1.51. The Kier molecular flexibility index (Phi) is 6.13. The van der Waals surface area contributed by atoms with Gasteiger partial charge in [0.2, 0.25) is 0 Å². The van der Waals surface area contributed by atoms with Gasteiger partial charge in [-0.1, -0.05) is 72.1 Å². The van der Waals surface area contributed by atoms with Crippen LogP contribution >= 0.6 is 22.6 Å². The lowest BCUT2D eigenvalue weighted by Gasteiger charge is -2.24. The van der Waals surface area contributed by atoms with Crippen LogP contribution in [0.1, 0.15) is 24.8 Å². The Bertz CT molecular complexity index is 495. The third-order valence-corrected chi connectivity index (χ3v) is 12.2. The first-order valence-electron chi connectivity index (χ1n) is 7.50. The molecule has 3 heteroatoms. The molecule has 1 aromatic rings. The Morgan fingerprint density at radius 1 is 1.15 bits per heavy atom. The number of nitrogens with zero attached hydrogens (tertiary/aromatic N) is 1. The Labute approximate surface area is 138 Å². The number of hydrogen-bond acceptors (Lipinski definition) is 1. The van der Waals surface area contributed by atoms with Crippen LogP contribution in [0.4, 0.5) is 0 Å². The van der Waals surface area contributed by atoms with Gasteiger partial charge in [0.1, 0.15) is 0 Å². The average molecular weight is 397 g/mol. The zero-order valence-electron chi connectivity index (χ0n) is 12.6. The highest BCUT2D eigenvalue weighted by atomic mass is 127. The molecule has 0 bridgehead atoms. The van der Waals surface area contributed by atoms with Crippen molar-refractivity contribution >= 4 is 35.9 Å². The van der Waals surface area contributed by atoms with E-state index in [0.29, 0.717) is 0 Å². The fourth-order valence-electron chi connectivity index (χ4n) is 2.62. The normalized spacial score (nSPS) is 16.6. The summed E-state index contributed by atoms with van der Waals surface area (Å²) in [7, 11) is -1.32. The first kappa shape index (κ1) is 16.1. The molecule has 0 radical (unpaired) electrons. The smallest absolute Gasteiger partial charge is 0.0919 e. The minimum atomic E-state index is -1.32. The molecule has 1 aliphatic rings. The highest BCUT2D eigenvalue weighted by molar-refractivity contribution is 14.1. The van der Waals surface area contributed by atoms with Crippen LogP contribution in [0, 0.1) is 11.8 Å². The molecule has 0 N–H and O–H groups in total. The molecular weight excluding hydrogens is 373 g/mol. The maximum absolute atomic E-state index is 3.44. The van der Waals surface area contributed by atoms with Gasteiger partial charge in [-0.3, -0.25) is 4.90 Å². The number of benzene rings is 1. The van der Waals surface area contributed by atoms with E-state index in [0.717, 1.165) is 6.54 Å². The number of rotatable bonds is 3. The summed E-state index contributed by atoms with van der Waals surface area (Å²) >= 11 is 2.53. The van der Waals surface area contributed by atoms with Gasteiger partial charge in [0.15, 0.2) is 0 Å². The van der Waals surface area contributed by atoms with Gasteiger partial charge in [0.25, 0.3) is 0 Å². The molecule has 1 saturated heterocycles. The van der Waals surface area contributed by atoms with Crippen molar-refractivity contribution in [3.63, 3.8) is 0 Å². The summed E-state index contributed by atoms with van der Waals surface area (Å²) in [4.78, 5) is 2.49. The van der Waals surface area contributed by atoms with E-state index in [9.17, 15) is 0 Å². The molecule has 0 aromatic heterocycles. The van der Waals surface area contributed by atoms with E-state index in [2.05, 4.69) is 76.7 Å². The highest BCUT2D eigenvalue weighted by Gasteiger charge is 2.23. The third kappa shape index (κ3) is 4.34. The topological polar surface area (TPSA) is 3.24 Å². The molecule has 0 unspecified atom stereocenters. The SMILES string of the molecule is C[Si](C)(CI)c1ccccc1C#CCN1CCCCC1. The maximum Gasteiger partial charge on any atom is 0.0919 e. The van der Waals surface area contributed by atoms with Crippen LogP contribution in [0.5, 0.6) is 0 Å². The molecular formula is C17H24INSi. The Balaban J connectivity index is 2.09. The van der Waals surface area contributed by atoms with Crippen LogP contribution in [0.15, 0.2) is 24.3 Å². The van der Waals surface area contributed by atoms with E-state index in [4.69, 9.17) is 0 Å². The average Bonchev–Trinajstić information content (AvgIpc) is 2.49. The van der Waals surface area contributed by atoms with Gasteiger partial charge >= 0.3 is 0 Å². The zero-order chi connectivity index (χ0) is 14.4. The number of alkyl halides is 1. The van der Waals surface area contributed by atoms with Crippen molar-refractivity contribution in [2.24, 2.45) is 0 Å². The molecule has 0 atom stereocenters. The minimum Gasteiger partial charge on any atom is -0.292 e. The van der Waals surface area contributed by atoms with Crippen molar-refractivity contribution < 1.29 is 0 Å². The van der Waals surface area contributed by atoms with Crippen LogP contribution in [0.3, 0.4) is 0 Å². The van der Waals surface area contributed by atoms with Crippen LogP contribution in [0.25, 0.3) is 0 Å². The first-order chi connectivity index (χ1) is 9.63. The third-order valence-electron chi connectivity index (χ3n) is 3.96. The van der Waals surface area contributed by atoms with Gasteiger partial charge in [0.05, 0.1) is 14.6 Å². The molecule has 1 nitrogen and oxygen atoms in total. The van der Waals surface area contributed by atoms with Gasteiger partial charge in [-0.2, -0.15) is 0 Å². The van der Waals surface area contributed by atoms with Gasteiger partial charge in [-0.05, 0) is 41.2 Å². The van der Waals surface area contributed by atoms with Crippen LogP contribution in [-0.2, 0) is 0 Å². The molecule has 20 heavy (non-hydrogen) atoms. The summed E-state index contributed by atoms with van der Waals surface area (Å²) in [6.45, 7) is 8.25. The first-order valence-corrected chi connectivity index (χ1v) is 12.2. The van der Waals surface area contributed by atoms with Crippen molar-refractivity contribution in [1.29, 1.82) is 0 Å². The second-order valence-electron chi connectivity index (χ2n) is 6.20. The number of piperidine rings is 1. The molecule has 0 aliphatic carbocycles. The quantitative estimate of drug-likeness (QED) is 0.327. The van der Waals surface area contributed by atoms with Crippen molar-refractivity contribution in [2.75, 3.05) is 23.7 Å². The minimum absolute atomic E-state index is 0.931. The van der Waals surface area contributed by atoms with Crippen LogP contribution in [0.2, 0.25) is 13.1 Å². The Morgan fingerprint density at radius 2 is 1.85 bits per heavy atom. The van der Waals surface area contributed by atoms with Gasteiger partial charge in [-0.25, -0.2) is 0 Å². The van der Waals surface area contributed by atoms with Gasteiger partial charge in [0, 0.05) is 5.56 Å². The van der Waals surface area contributed by atoms with Crippen LogP contribution in [-0.4, -0.2) is 36.7 Å². The number of halogens is 1. The maximum atomic E-state index is 3.44. The molecule has 1 aromatic carbocycles. The van der Waals surface area contributed by atoms with E-state index in [1.165, 1.54) is 47.2 Å². The second-order valence-corrected chi connectivity index (χ2v) is 13.1. The predicted molar refractivity (Wildman–Crippen MR) is 99.6 cm³/mol. The lowest BCUT2D eigenvalue weighted by Crippen LogP contribution is -2.45. The summed E-state index contributed by atoms with van der Waals surface area (Å²) < 4.78 is 1.25. The van der Waals surface area contributed by atoms with Crippen molar-refractivity contribution in [1.82, 2.24) is 4.90 Å². The van der Waals surface area contributed by atoms with E-state index in [1.807, 2.05) is 0 Å². The van der Waals surface area contributed by atoms with Crippen molar-refractivity contribution in [3.05, 3.63) is 29.8 Å². The van der Waals surface area contributed by atoms with Crippen molar-refractivity contribution in [3.8, 4) is 11.8 Å². The molecule has 2 rings (SSSR count).